The molecular formula is C19H17F2N5OS. The lowest BCUT2D eigenvalue weighted by Gasteiger charge is -2.08. The summed E-state index contributed by atoms with van der Waals surface area (Å²) in [5.74, 6) is 2.00. The Balaban J connectivity index is 1.58. The number of imidazole rings is 1. The van der Waals surface area contributed by atoms with Crippen LogP contribution < -0.4 is 4.74 Å². The molecule has 2 aromatic heterocycles. The Kier molecular flexibility index (Phi) is 4.99. The molecule has 0 amide bonds. The largest absolute Gasteiger partial charge is 0.497 e. The van der Waals surface area contributed by atoms with Gasteiger partial charge in [-0.2, -0.15) is 8.78 Å². The topological polar surface area (TPSA) is 57.8 Å². The molecule has 0 aliphatic rings. The lowest BCUT2D eigenvalue weighted by Crippen LogP contribution is -2.04. The molecule has 144 valence electrons. The predicted molar refractivity (Wildman–Crippen MR) is 104 cm³/mol. The summed E-state index contributed by atoms with van der Waals surface area (Å²) in [6.45, 7) is -2.66. The van der Waals surface area contributed by atoms with Gasteiger partial charge in [0.1, 0.15) is 11.6 Å². The van der Waals surface area contributed by atoms with Crippen LogP contribution in [0, 0.1) is 0 Å². The number of hydrogen-bond acceptors (Lipinski definition) is 5. The van der Waals surface area contributed by atoms with E-state index in [1.165, 1.54) is 11.8 Å². The molecule has 0 unspecified atom stereocenters. The van der Waals surface area contributed by atoms with Crippen molar-refractivity contribution in [3.05, 3.63) is 54.4 Å². The standard InChI is InChI=1S/C19H17F2N5OS/c1-25-17(12-7-9-13(27-2)10-8-12)23-24-19(25)28-11-16-22-14-5-3-4-6-15(14)26(16)18(20)21/h3-10,18H,11H2,1-2H3. The maximum atomic E-state index is 13.6. The van der Waals surface area contributed by atoms with Gasteiger partial charge in [-0.3, -0.25) is 4.57 Å². The fourth-order valence-corrected chi connectivity index (χ4v) is 3.82. The monoisotopic (exact) mass is 401 g/mol. The molecule has 4 aromatic rings. The van der Waals surface area contributed by atoms with Gasteiger partial charge in [-0.1, -0.05) is 23.9 Å². The van der Waals surface area contributed by atoms with E-state index in [1.807, 2.05) is 35.9 Å². The number of ether oxygens (including phenoxy) is 1. The van der Waals surface area contributed by atoms with Crippen LogP contribution in [0.5, 0.6) is 5.75 Å². The SMILES string of the molecule is COc1ccc(-c2nnc(SCc3nc4ccccc4n3C(F)F)n2C)cc1. The average molecular weight is 401 g/mol. The molecule has 0 saturated carbocycles. The molecule has 6 nitrogen and oxygen atoms in total. The smallest absolute Gasteiger partial charge is 0.320 e. The summed E-state index contributed by atoms with van der Waals surface area (Å²) in [6.07, 6.45) is 0. The summed E-state index contributed by atoms with van der Waals surface area (Å²) in [7, 11) is 3.46. The number of nitrogens with zero attached hydrogens (tertiary/aromatic N) is 5. The lowest BCUT2D eigenvalue weighted by molar-refractivity contribution is 0.0722. The lowest BCUT2D eigenvalue weighted by atomic mass is 10.2. The Labute approximate surface area is 164 Å². The molecule has 0 bridgehead atoms. The van der Waals surface area contributed by atoms with E-state index in [-0.39, 0.29) is 5.75 Å². The van der Waals surface area contributed by atoms with E-state index >= 15 is 0 Å². The third-order valence-electron chi connectivity index (χ3n) is 4.38. The van der Waals surface area contributed by atoms with Crippen LogP contribution in [0.15, 0.2) is 53.7 Å². The molecule has 0 fully saturated rings. The number of thioether (sulfide) groups is 1. The van der Waals surface area contributed by atoms with Crippen LogP contribution in [0.1, 0.15) is 12.4 Å². The van der Waals surface area contributed by atoms with Gasteiger partial charge >= 0.3 is 6.55 Å². The number of aromatic nitrogens is 5. The number of halogens is 2. The summed E-state index contributed by atoms with van der Waals surface area (Å²) in [6, 6.07) is 14.4. The van der Waals surface area contributed by atoms with Gasteiger partial charge < -0.3 is 9.30 Å². The second-order valence-electron chi connectivity index (χ2n) is 6.05. The van der Waals surface area contributed by atoms with Crippen LogP contribution in [0.4, 0.5) is 8.78 Å². The molecule has 9 heteroatoms. The Morgan fingerprint density at radius 1 is 1.07 bits per heavy atom. The van der Waals surface area contributed by atoms with Crippen LogP contribution in [0.2, 0.25) is 0 Å². The number of benzene rings is 2. The predicted octanol–water partition coefficient (Wildman–Crippen LogP) is 4.53. The van der Waals surface area contributed by atoms with Gasteiger partial charge in [0.25, 0.3) is 0 Å². The molecule has 0 spiro atoms. The number of para-hydroxylation sites is 2. The molecular weight excluding hydrogens is 384 g/mol. The van der Waals surface area contributed by atoms with E-state index in [4.69, 9.17) is 4.74 Å². The van der Waals surface area contributed by atoms with Crippen molar-refractivity contribution >= 4 is 22.8 Å². The zero-order valence-corrected chi connectivity index (χ0v) is 16.0. The highest BCUT2D eigenvalue weighted by atomic mass is 32.2. The first kappa shape index (κ1) is 18.4. The summed E-state index contributed by atoms with van der Waals surface area (Å²) >= 11 is 1.32. The van der Waals surface area contributed by atoms with Crippen molar-refractivity contribution < 1.29 is 13.5 Å². The molecule has 0 saturated heterocycles. The molecule has 4 rings (SSSR count). The maximum absolute atomic E-state index is 13.6. The van der Waals surface area contributed by atoms with Gasteiger partial charge in [-0.15, -0.1) is 10.2 Å². The van der Waals surface area contributed by atoms with E-state index in [0.29, 0.717) is 27.8 Å². The summed E-state index contributed by atoms with van der Waals surface area (Å²) in [5, 5.41) is 9.05. The van der Waals surface area contributed by atoms with Crippen LogP contribution in [0.25, 0.3) is 22.4 Å². The molecule has 0 aliphatic carbocycles. The quantitative estimate of drug-likeness (QED) is 0.445. The van der Waals surface area contributed by atoms with Crippen molar-refractivity contribution in [1.82, 2.24) is 24.3 Å². The Morgan fingerprint density at radius 2 is 1.82 bits per heavy atom. The first-order chi connectivity index (χ1) is 13.6. The zero-order valence-electron chi connectivity index (χ0n) is 15.2. The highest BCUT2D eigenvalue weighted by Gasteiger charge is 2.19. The van der Waals surface area contributed by atoms with Crippen molar-refractivity contribution in [2.45, 2.75) is 17.5 Å². The molecule has 0 radical (unpaired) electrons. The van der Waals surface area contributed by atoms with E-state index < -0.39 is 6.55 Å². The van der Waals surface area contributed by atoms with Gasteiger partial charge in [-0.25, -0.2) is 4.98 Å². The number of hydrogen-bond donors (Lipinski definition) is 0. The van der Waals surface area contributed by atoms with Crippen LogP contribution in [-0.4, -0.2) is 31.4 Å². The highest BCUT2D eigenvalue weighted by Crippen LogP contribution is 2.29. The number of rotatable bonds is 6. The molecule has 0 N–H and O–H groups in total. The van der Waals surface area contributed by atoms with Crippen LogP contribution in [-0.2, 0) is 12.8 Å². The van der Waals surface area contributed by atoms with Crippen LogP contribution >= 0.6 is 11.8 Å². The van der Waals surface area contributed by atoms with Crippen molar-refractivity contribution in [3.63, 3.8) is 0 Å². The molecule has 2 heterocycles. The molecule has 28 heavy (non-hydrogen) atoms. The molecule has 0 aliphatic heterocycles. The molecule has 2 aromatic carbocycles. The van der Waals surface area contributed by atoms with Gasteiger partial charge in [0.2, 0.25) is 0 Å². The third-order valence-corrected chi connectivity index (χ3v) is 5.39. The Hall–Kier alpha value is -2.94. The number of alkyl halides is 2. The van der Waals surface area contributed by atoms with E-state index in [2.05, 4.69) is 15.2 Å². The van der Waals surface area contributed by atoms with Crippen LogP contribution in [0.3, 0.4) is 0 Å². The summed E-state index contributed by atoms with van der Waals surface area (Å²) in [5.41, 5.74) is 1.86. The van der Waals surface area contributed by atoms with Crippen molar-refractivity contribution in [2.24, 2.45) is 7.05 Å². The second-order valence-corrected chi connectivity index (χ2v) is 6.99. The van der Waals surface area contributed by atoms with Gasteiger partial charge in [-0.05, 0) is 36.4 Å². The third kappa shape index (κ3) is 3.33. The zero-order chi connectivity index (χ0) is 19.7. The van der Waals surface area contributed by atoms with Gasteiger partial charge in [0.15, 0.2) is 11.0 Å². The highest BCUT2D eigenvalue weighted by molar-refractivity contribution is 7.98. The van der Waals surface area contributed by atoms with Gasteiger partial charge in [0.05, 0.1) is 23.9 Å². The first-order valence-electron chi connectivity index (χ1n) is 8.49. The Morgan fingerprint density at radius 3 is 2.54 bits per heavy atom. The number of methoxy groups -OCH3 is 1. The summed E-state index contributed by atoms with van der Waals surface area (Å²) in [4.78, 5) is 4.35. The minimum absolute atomic E-state index is 0.258. The summed E-state index contributed by atoms with van der Waals surface area (Å²) < 4.78 is 35.1. The van der Waals surface area contributed by atoms with E-state index in [9.17, 15) is 8.78 Å². The average Bonchev–Trinajstić information content (AvgIpc) is 3.26. The van der Waals surface area contributed by atoms with E-state index in [0.717, 1.165) is 15.9 Å². The fraction of sp³-hybridized carbons (Fsp3) is 0.211. The minimum atomic E-state index is -2.66. The normalized spacial score (nSPS) is 11.5. The second kappa shape index (κ2) is 7.59. The van der Waals surface area contributed by atoms with Crippen molar-refractivity contribution in [2.75, 3.05) is 7.11 Å². The fourth-order valence-electron chi connectivity index (χ4n) is 2.98. The Bertz CT molecular complexity index is 1110. The number of fused-ring (bicyclic) bond motifs is 1. The molecule has 0 atom stereocenters. The minimum Gasteiger partial charge on any atom is -0.497 e. The van der Waals surface area contributed by atoms with Gasteiger partial charge in [0, 0.05) is 12.6 Å². The van der Waals surface area contributed by atoms with Crippen molar-refractivity contribution in [3.8, 4) is 17.1 Å². The van der Waals surface area contributed by atoms with E-state index in [1.54, 1.807) is 31.4 Å². The maximum Gasteiger partial charge on any atom is 0.320 e. The van der Waals surface area contributed by atoms with Crippen molar-refractivity contribution in [1.29, 1.82) is 0 Å². The first-order valence-corrected chi connectivity index (χ1v) is 9.47.